The molecular formula is C14H17N3O3. The minimum Gasteiger partial charge on any atom is -0.468 e. The molecule has 6 heteroatoms. The van der Waals surface area contributed by atoms with Gasteiger partial charge in [-0.1, -0.05) is 18.2 Å². The van der Waals surface area contributed by atoms with Crippen LogP contribution in [-0.2, 0) is 20.7 Å². The normalized spacial score (nSPS) is 13.9. The summed E-state index contributed by atoms with van der Waals surface area (Å²) in [5.41, 5.74) is 2.55. The molecule has 0 bridgehead atoms. The lowest BCUT2D eigenvalue weighted by atomic mass is 10.2. The zero-order chi connectivity index (χ0) is 14.5. The standard InChI is InChI=1S/C14H17N3O3/c1-10(14(19)15-9-13(18)20-2)16-17-8-7-11-5-3-4-6-12(11)17/h3-6H,7-9H2,1-2H3,(H,15,19). The number of fused-ring (bicyclic) bond motifs is 1. The van der Waals surface area contributed by atoms with Gasteiger partial charge in [-0.3, -0.25) is 14.6 Å². The molecule has 0 aliphatic carbocycles. The van der Waals surface area contributed by atoms with Gasteiger partial charge in [0.2, 0.25) is 0 Å². The van der Waals surface area contributed by atoms with Crippen molar-refractivity contribution in [1.29, 1.82) is 0 Å². The Kier molecular flexibility index (Phi) is 4.34. The molecule has 1 N–H and O–H groups in total. The number of nitrogens with zero attached hydrogens (tertiary/aromatic N) is 2. The Hall–Kier alpha value is -2.37. The molecule has 0 aromatic heterocycles. The smallest absolute Gasteiger partial charge is 0.325 e. The zero-order valence-corrected chi connectivity index (χ0v) is 11.5. The summed E-state index contributed by atoms with van der Waals surface area (Å²) in [5, 5.41) is 8.57. The van der Waals surface area contributed by atoms with Crippen LogP contribution in [-0.4, -0.2) is 37.8 Å². The second-order valence-electron chi connectivity index (χ2n) is 4.45. The molecule has 1 aliphatic heterocycles. The van der Waals surface area contributed by atoms with Gasteiger partial charge in [0.05, 0.1) is 12.8 Å². The van der Waals surface area contributed by atoms with E-state index in [4.69, 9.17) is 0 Å². The van der Waals surface area contributed by atoms with Gasteiger partial charge in [0.25, 0.3) is 5.91 Å². The number of nitrogens with one attached hydrogen (secondary N) is 1. The van der Waals surface area contributed by atoms with E-state index in [2.05, 4.69) is 21.2 Å². The summed E-state index contributed by atoms with van der Waals surface area (Å²) in [6.45, 7) is 2.22. The number of carbonyl (C=O) groups excluding carboxylic acids is 2. The number of esters is 1. The minimum absolute atomic E-state index is 0.154. The van der Waals surface area contributed by atoms with Gasteiger partial charge in [0, 0.05) is 6.54 Å². The molecule has 20 heavy (non-hydrogen) atoms. The van der Waals surface area contributed by atoms with Crippen molar-refractivity contribution in [3.05, 3.63) is 29.8 Å². The average molecular weight is 275 g/mol. The Balaban J connectivity index is 2.01. The number of methoxy groups -OCH3 is 1. The number of hydrogen-bond acceptors (Lipinski definition) is 5. The van der Waals surface area contributed by atoms with Crippen LogP contribution in [0.3, 0.4) is 0 Å². The maximum absolute atomic E-state index is 11.8. The molecule has 106 valence electrons. The number of benzene rings is 1. The maximum atomic E-state index is 11.8. The summed E-state index contributed by atoms with van der Waals surface area (Å²) in [6, 6.07) is 7.96. The number of hydrazone groups is 1. The van der Waals surface area contributed by atoms with E-state index in [0.717, 1.165) is 18.7 Å². The van der Waals surface area contributed by atoms with Crippen molar-refractivity contribution in [2.45, 2.75) is 13.3 Å². The van der Waals surface area contributed by atoms with Gasteiger partial charge in [0.1, 0.15) is 12.3 Å². The van der Waals surface area contributed by atoms with Crippen molar-refractivity contribution in [2.24, 2.45) is 5.10 Å². The Morgan fingerprint density at radius 1 is 1.40 bits per heavy atom. The summed E-state index contributed by atoms with van der Waals surface area (Å²) in [7, 11) is 1.27. The van der Waals surface area contributed by atoms with E-state index in [1.165, 1.54) is 12.7 Å². The molecule has 1 aromatic carbocycles. The molecule has 1 heterocycles. The van der Waals surface area contributed by atoms with Gasteiger partial charge < -0.3 is 10.1 Å². The Morgan fingerprint density at radius 3 is 2.90 bits per heavy atom. The molecule has 2 rings (SSSR count). The van der Waals surface area contributed by atoms with Crippen LogP contribution in [0.15, 0.2) is 29.4 Å². The summed E-state index contributed by atoms with van der Waals surface area (Å²) < 4.78 is 4.46. The molecule has 0 radical (unpaired) electrons. The van der Waals surface area contributed by atoms with E-state index in [-0.39, 0.29) is 12.5 Å². The first-order chi connectivity index (χ1) is 9.61. The van der Waals surface area contributed by atoms with Gasteiger partial charge in [-0.25, -0.2) is 0 Å². The third-order valence-corrected chi connectivity index (χ3v) is 3.08. The molecular weight excluding hydrogens is 258 g/mol. The van der Waals surface area contributed by atoms with Gasteiger partial charge >= 0.3 is 5.97 Å². The molecule has 1 aromatic rings. The van der Waals surface area contributed by atoms with Gasteiger partial charge in [-0.15, -0.1) is 0 Å². The van der Waals surface area contributed by atoms with Crippen molar-refractivity contribution < 1.29 is 14.3 Å². The quantitative estimate of drug-likeness (QED) is 0.649. The maximum Gasteiger partial charge on any atom is 0.325 e. The van der Waals surface area contributed by atoms with Crippen LogP contribution < -0.4 is 10.3 Å². The summed E-state index contributed by atoms with van der Waals surface area (Å²) in [6.07, 6.45) is 0.913. The van der Waals surface area contributed by atoms with Crippen LogP contribution in [0.5, 0.6) is 0 Å². The second-order valence-corrected chi connectivity index (χ2v) is 4.45. The molecule has 0 saturated carbocycles. The number of para-hydroxylation sites is 1. The minimum atomic E-state index is -0.488. The van der Waals surface area contributed by atoms with Crippen molar-refractivity contribution in [2.75, 3.05) is 25.2 Å². The van der Waals surface area contributed by atoms with E-state index in [1.54, 1.807) is 6.92 Å². The highest BCUT2D eigenvalue weighted by molar-refractivity contribution is 6.38. The highest BCUT2D eigenvalue weighted by atomic mass is 16.5. The lowest BCUT2D eigenvalue weighted by Crippen LogP contribution is -2.35. The predicted octanol–water partition coefficient (Wildman–Crippen LogP) is 0.714. The number of amides is 1. The Labute approximate surface area is 117 Å². The largest absolute Gasteiger partial charge is 0.468 e. The van der Waals surface area contributed by atoms with Gasteiger partial charge in [0.15, 0.2) is 0 Å². The fourth-order valence-electron chi connectivity index (χ4n) is 2.00. The first kappa shape index (κ1) is 14.0. The summed E-state index contributed by atoms with van der Waals surface area (Å²) in [4.78, 5) is 22.7. The topological polar surface area (TPSA) is 71.0 Å². The molecule has 0 saturated heterocycles. The van der Waals surface area contributed by atoms with E-state index >= 15 is 0 Å². The SMILES string of the molecule is COC(=O)CNC(=O)C(C)=NN1CCc2ccccc21. The number of ether oxygens (including phenoxy) is 1. The van der Waals surface area contributed by atoms with Crippen molar-refractivity contribution in [3.63, 3.8) is 0 Å². The fourth-order valence-corrected chi connectivity index (χ4v) is 2.00. The second kappa shape index (κ2) is 6.18. The van der Waals surface area contributed by atoms with Crippen LogP contribution in [0.25, 0.3) is 0 Å². The Bertz CT molecular complexity index is 554. The van der Waals surface area contributed by atoms with Crippen molar-refractivity contribution >= 4 is 23.3 Å². The fraction of sp³-hybridized carbons (Fsp3) is 0.357. The summed E-state index contributed by atoms with van der Waals surface area (Å²) >= 11 is 0. The lowest BCUT2D eigenvalue weighted by molar-refractivity contribution is -0.140. The molecule has 0 spiro atoms. The average Bonchev–Trinajstić information content (AvgIpc) is 2.87. The van der Waals surface area contributed by atoms with Crippen LogP contribution >= 0.6 is 0 Å². The summed E-state index contributed by atoms with van der Waals surface area (Å²) in [5.74, 6) is -0.863. The van der Waals surface area contributed by atoms with Crippen LogP contribution in [0.1, 0.15) is 12.5 Å². The third kappa shape index (κ3) is 3.14. The molecule has 1 aliphatic rings. The molecule has 6 nitrogen and oxygen atoms in total. The van der Waals surface area contributed by atoms with Crippen LogP contribution in [0.4, 0.5) is 5.69 Å². The number of carbonyl (C=O) groups is 2. The van der Waals surface area contributed by atoms with E-state index < -0.39 is 5.97 Å². The lowest BCUT2D eigenvalue weighted by Gasteiger charge is -2.14. The predicted molar refractivity (Wildman–Crippen MR) is 75.6 cm³/mol. The monoisotopic (exact) mass is 275 g/mol. The third-order valence-electron chi connectivity index (χ3n) is 3.08. The van der Waals surface area contributed by atoms with Crippen LogP contribution in [0, 0.1) is 0 Å². The highest BCUT2D eigenvalue weighted by Gasteiger charge is 2.19. The van der Waals surface area contributed by atoms with Gasteiger partial charge in [-0.2, -0.15) is 5.10 Å². The Morgan fingerprint density at radius 2 is 2.15 bits per heavy atom. The van der Waals surface area contributed by atoms with Crippen LogP contribution in [0.2, 0.25) is 0 Å². The molecule has 0 unspecified atom stereocenters. The van der Waals surface area contributed by atoms with E-state index in [0.29, 0.717) is 5.71 Å². The molecule has 1 amide bonds. The zero-order valence-electron chi connectivity index (χ0n) is 11.5. The highest BCUT2D eigenvalue weighted by Crippen LogP contribution is 2.27. The van der Waals surface area contributed by atoms with Gasteiger partial charge in [-0.05, 0) is 25.0 Å². The number of anilines is 1. The number of rotatable bonds is 4. The first-order valence-electron chi connectivity index (χ1n) is 6.37. The van der Waals surface area contributed by atoms with E-state index in [1.807, 2.05) is 23.2 Å². The van der Waals surface area contributed by atoms with Crippen molar-refractivity contribution in [3.8, 4) is 0 Å². The number of hydrogen-bond donors (Lipinski definition) is 1. The first-order valence-corrected chi connectivity index (χ1v) is 6.37. The molecule has 0 fully saturated rings. The molecule has 0 atom stereocenters. The van der Waals surface area contributed by atoms with Crippen molar-refractivity contribution in [1.82, 2.24) is 5.32 Å². The van der Waals surface area contributed by atoms with E-state index in [9.17, 15) is 9.59 Å².